The second-order valence-electron chi connectivity index (χ2n) is 6.70. The van der Waals surface area contributed by atoms with E-state index in [1.807, 2.05) is 24.3 Å². The molecule has 1 aromatic rings. The van der Waals surface area contributed by atoms with Crippen LogP contribution in [0.5, 0.6) is 5.75 Å². The lowest BCUT2D eigenvalue weighted by atomic mass is 9.92. The Labute approximate surface area is 147 Å². The second kappa shape index (κ2) is 9.62. The number of rotatable bonds is 8. The highest BCUT2D eigenvalue weighted by molar-refractivity contribution is 9.10. The van der Waals surface area contributed by atoms with E-state index in [2.05, 4.69) is 34.7 Å². The van der Waals surface area contributed by atoms with E-state index in [1.165, 1.54) is 6.42 Å². The summed E-state index contributed by atoms with van der Waals surface area (Å²) in [5.41, 5.74) is 0. The van der Waals surface area contributed by atoms with Crippen LogP contribution in [0.3, 0.4) is 0 Å². The molecular weight excluding hydrogens is 358 g/mol. The van der Waals surface area contributed by atoms with Gasteiger partial charge in [-0.05, 0) is 42.5 Å². The number of benzene rings is 1. The van der Waals surface area contributed by atoms with Crippen molar-refractivity contribution in [2.75, 3.05) is 39.5 Å². The van der Waals surface area contributed by atoms with Crippen molar-refractivity contribution in [3.05, 3.63) is 28.7 Å². The summed E-state index contributed by atoms with van der Waals surface area (Å²) in [4.78, 5) is 2.35. The number of halogens is 1. The minimum absolute atomic E-state index is 0.364. The van der Waals surface area contributed by atoms with Gasteiger partial charge in [-0.3, -0.25) is 0 Å². The van der Waals surface area contributed by atoms with E-state index >= 15 is 0 Å². The van der Waals surface area contributed by atoms with Gasteiger partial charge in [-0.25, -0.2) is 0 Å². The molecule has 1 fully saturated rings. The summed E-state index contributed by atoms with van der Waals surface area (Å²) < 4.78 is 12.1. The molecule has 1 aromatic carbocycles. The Bertz CT molecular complexity index is 444. The number of aliphatic hydroxyl groups excluding tert-OH is 1. The van der Waals surface area contributed by atoms with Crippen molar-refractivity contribution in [1.82, 2.24) is 4.90 Å². The first-order valence-electron chi connectivity index (χ1n) is 8.39. The van der Waals surface area contributed by atoms with Crippen molar-refractivity contribution < 1.29 is 14.6 Å². The molecule has 23 heavy (non-hydrogen) atoms. The van der Waals surface area contributed by atoms with E-state index < -0.39 is 6.10 Å². The lowest BCUT2D eigenvalue weighted by molar-refractivity contribution is -0.00211. The highest BCUT2D eigenvalue weighted by atomic mass is 79.9. The zero-order valence-corrected chi connectivity index (χ0v) is 15.7. The van der Waals surface area contributed by atoms with Gasteiger partial charge in [0.25, 0.3) is 0 Å². The minimum atomic E-state index is -0.430. The van der Waals surface area contributed by atoms with Gasteiger partial charge in [0, 0.05) is 24.1 Å². The monoisotopic (exact) mass is 385 g/mol. The molecule has 0 aromatic heterocycles. The maximum Gasteiger partial charge on any atom is 0.119 e. The number of nitrogens with zero attached hydrogens (tertiary/aromatic N) is 1. The number of ether oxygens (including phenoxy) is 2. The predicted molar refractivity (Wildman–Crippen MR) is 95.8 cm³/mol. The number of likely N-dealkylation sites (tertiary alicyclic amines) is 1. The van der Waals surface area contributed by atoms with E-state index in [4.69, 9.17) is 9.47 Å². The summed E-state index contributed by atoms with van der Waals surface area (Å²) in [6, 6.07) is 7.72. The average molecular weight is 386 g/mol. The van der Waals surface area contributed by atoms with Gasteiger partial charge < -0.3 is 19.5 Å². The molecular formula is C18H28BrNO3. The number of hydrogen-bond acceptors (Lipinski definition) is 4. The Kier molecular flexibility index (Phi) is 7.83. The summed E-state index contributed by atoms with van der Waals surface area (Å²) in [5, 5.41) is 10.1. The van der Waals surface area contributed by atoms with Gasteiger partial charge in [-0.15, -0.1) is 0 Å². The molecule has 3 atom stereocenters. The molecule has 0 spiro atoms. The largest absolute Gasteiger partial charge is 0.491 e. The first-order valence-corrected chi connectivity index (χ1v) is 9.18. The molecule has 0 unspecified atom stereocenters. The molecule has 1 saturated heterocycles. The Morgan fingerprint density at radius 3 is 2.48 bits per heavy atom. The van der Waals surface area contributed by atoms with Crippen LogP contribution in [0.25, 0.3) is 0 Å². The molecule has 1 aliphatic rings. The molecule has 1 aliphatic heterocycles. The number of piperidine rings is 1. The van der Waals surface area contributed by atoms with Crippen LogP contribution in [0.2, 0.25) is 0 Å². The first-order chi connectivity index (χ1) is 11.0. The van der Waals surface area contributed by atoms with Gasteiger partial charge in [0.1, 0.15) is 12.4 Å². The van der Waals surface area contributed by atoms with Crippen molar-refractivity contribution in [2.24, 2.45) is 11.8 Å². The van der Waals surface area contributed by atoms with Crippen molar-refractivity contribution in [3.8, 4) is 5.75 Å². The second-order valence-corrected chi connectivity index (χ2v) is 7.61. The molecule has 130 valence electrons. The zero-order valence-electron chi connectivity index (χ0n) is 14.1. The normalized spacial score (nSPS) is 23.7. The van der Waals surface area contributed by atoms with Crippen LogP contribution in [0.1, 0.15) is 20.3 Å². The topological polar surface area (TPSA) is 41.9 Å². The number of β-amino-alcohol motifs (C(OH)–C–C–N with tert-alkyl or cyclic N) is 1. The van der Waals surface area contributed by atoms with E-state index in [0.717, 1.165) is 23.3 Å². The van der Waals surface area contributed by atoms with Crippen molar-refractivity contribution in [3.63, 3.8) is 0 Å². The zero-order chi connectivity index (χ0) is 16.7. The third-order valence-electron chi connectivity index (χ3n) is 4.03. The van der Waals surface area contributed by atoms with Crippen LogP contribution in [-0.2, 0) is 4.74 Å². The fourth-order valence-electron chi connectivity index (χ4n) is 3.26. The molecule has 5 heteroatoms. The Balaban J connectivity index is 1.56. The highest BCUT2D eigenvalue weighted by Crippen LogP contribution is 2.21. The van der Waals surface area contributed by atoms with Crippen LogP contribution >= 0.6 is 15.9 Å². The molecule has 0 bridgehead atoms. The quantitative estimate of drug-likeness (QED) is 0.697. The predicted octanol–water partition coefficient (Wildman–Crippen LogP) is 3.18. The SMILES string of the molecule is C[C@@H]1C[C@@H](C)CN(C[C@H](O)COCCOc2ccc(Br)cc2)C1. The molecule has 1 heterocycles. The van der Waals surface area contributed by atoms with Crippen LogP contribution in [0.15, 0.2) is 28.7 Å². The number of aliphatic hydroxyl groups is 1. The van der Waals surface area contributed by atoms with Gasteiger partial charge in [-0.2, -0.15) is 0 Å². The van der Waals surface area contributed by atoms with Crippen LogP contribution in [0, 0.1) is 11.8 Å². The van der Waals surface area contributed by atoms with Gasteiger partial charge in [0.2, 0.25) is 0 Å². The lowest BCUT2D eigenvalue weighted by Gasteiger charge is -2.35. The third kappa shape index (κ3) is 7.21. The molecule has 0 saturated carbocycles. The molecule has 0 radical (unpaired) electrons. The summed E-state index contributed by atoms with van der Waals surface area (Å²) in [7, 11) is 0. The highest BCUT2D eigenvalue weighted by Gasteiger charge is 2.23. The van der Waals surface area contributed by atoms with Gasteiger partial charge in [0.15, 0.2) is 0 Å². The average Bonchev–Trinajstić information content (AvgIpc) is 2.47. The van der Waals surface area contributed by atoms with Crippen molar-refractivity contribution in [2.45, 2.75) is 26.4 Å². The molecule has 4 nitrogen and oxygen atoms in total. The van der Waals surface area contributed by atoms with Crippen LogP contribution < -0.4 is 4.74 Å². The summed E-state index contributed by atoms with van der Waals surface area (Å²) in [5.74, 6) is 2.26. The first kappa shape index (κ1) is 18.7. The maximum absolute atomic E-state index is 10.1. The Morgan fingerprint density at radius 2 is 1.83 bits per heavy atom. The van der Waals surface area contributed by atoms with Gasteiger partial charge >= 0.3 is 0 Å². The minimum Gasteiger partial charge on any atom is -0.491 e. The summed E-state index contributed by atoms with van der Waals surface area (Å²) in [6.07, 6.45) is 0.858. The summed E-state index contributed by atoms with van der Waals surface area (Å²) in [6.45, 7) is 8.76. The third-order valence-corrected chi connectivity index (χ3v) is 4.56. The van der Waals surface area contributed by atoms with E-state index in [1.54, 1.807) is 0 Å². The Hall–Kier alpha value is -0.620. The van der Waals surface area contributed by atoms with Crippen LogP contribution in [-0.4, -0.2) is 55.6 Å². The summed E-state index contributed by atoms with van der Waals surface area (Å²) >= 11 is 3.39. The molecule has 0 aliphatic carbocycles. The van der Waals surface area contributed by atoms with Gasteiger partial charge in [-0.1, -0.05) is 29.8 Å². The van der Waals surface area contributed by atoms with Crippen molar-refractivity contribution >= 4 is 15.9 Å². The van der Waals surface area contributed by atoms with Gasteiger partial charge in [0.05, 0.1) is 19.3 Å². The van der Waals surface area contributed by atoms with Crippen LogP contribution in [0.4, 0.5) is 0 Å². The molecule has 0 amide bonds. The van der Waals surface area contributed by atoms with Crippen molar-refractivity contribution in [1.29, 1.82) is 0 Å². The van der Waals surface area contributed by atoms with E-state index in [9.17, 15) is 5.11 Å². The Morgan fingerprint density at radius 1 is 1.17 bits per heavy atom. The fraction of sp³-hybridized carbons (Fsp3) is 0.667. The maximum atomic E-state index is 10.1. The molecule has 2 rings (SSSR count). The van der Waals surface area contributed by atoms with E-state index in [0.29, 0.717) is 38.2 Å². The standard InChI is InChI=1S/C18H28BrNO3/c1-14-9-15(2)11-20(10-14)12-17(21)13-22-7-8-23-18-5-3-16(19)4-6-18/h3-6,14-15,17,21H,7-13H2,1-2H3/t14-,15-,17+/m1/s1. The smallest absolute Gasteiger partial charge is 0.119 e. The lowest BCUT2D eigenvalue weighted by Crippen LogP contribution is -2.43. The van der Waals surface area contributed by atoms with E-state index in [-0.39, 0.29) is 0 Å². The fourth-order valence-corrected chi connectivity index (χ4v) is 3.52. The molecule has 1 N–H and O–H groups in total. The number of hydrogen-bond donors (Lipinski definition) is 1.